The molecule has 0 N–H and O–H groups in total. The number of carbonyl (C=O) groups is 2. The maximum absolute atomic E-state index is 11.4. The van der Waals surface area contributed by atoms with Crippen LogP contribution in [0.4, 0.5) is 0 Å². The van der Waals surface area contributed by atoms with Gasteiger partial charge in [-0.2, -0.15) is 0 Å². The predicted octanol–water partition coefficient (Wildman–Crippen LogP) is 0.730. The molecule has 0 aromatic carbocycles. The molecule has 0 bridgehead atoms. The molecule has 0 saturated carbocycles. The summed E-state index contributed by atoms with van der Waals surface area (Å²) in [4.78, 5) is 22.2. The van der Waals surface area contributed by atoms with Crippen molar-refractivity contribution in [3.63, 3.8) is 0 Å². The average Bonchev–Trinajstić information content (AvgIpc) is 2.30. The number of rotatable bonds is 0. The van der Waals surface area contributed by atoms with Crippen molar-refractivity contribution in [1.82, 2.24) is 0 Å². The van der Waals surface area contributed by atoms with Crippen LogP contribution in [-0.2, 0) is 19.1 Å². The fraction of sp³-hybridized carbons (Fsp3) is 0.400. The van der Waals surface area contributed by atoms with Crippen molar-refractivity contribution < 1.29 is 19.1 Å². The summed E-state index contributed by atoms with van der Waals surface area (Å²) in [5, 5.41) is 0. The predicted molar refractivity (Wildman–Crippen MR) is 47.3 cm³/mol. The van der Waals surface area contributed by atoms with Crippen LogP contribution in [0.1, 0.15) is 13.8 Å². The molecular formula is C10H10O4. The number of hydrogen-bond acceptors (Lipinski definition) is 4. The summed E-state index contributed by atoms with van der Waals surface area (Å²) in [5.74, 6) is -1.74. The van der Waals surface area contributed by atoms with E-state index < -0.39 is 17.4 Å². The van der Waals surface area contributed by atoms with Gasteiger partial charge in [0.2, 0.25) is 0 Å². The zero-order valence-electron chi connectivity index (χ0n) is 7.94. The van der Waals surface area contributed by atoms with E-state index in [9.17, 15) is 9.59 Å². The molecule has 74 valence electrons. The fourth-order valence-corrected chi connectivity index (χ4v) is 1.37. The minimum absolute atomic E-state index is 0.139. The maximum Gasteiger partial charge on any atom is 0.341 e. The number of carbonyl (C=O) groups excluding carboxylic acids is 2. The second-order valence-electron chi connectivity index (χ2n) is 3.79. The van der Waals surface area contributed by atoms with Crippen molar-refractivity contribution in [2.24, 2.45) is 0 Å². The first-order valence-electron chi connectivity index (χ1n) is 4.30. The smallest absolute Gasteiger partial charge is 0.341 e. The van der Waals surface area contributed by atoms with Gasteiger partial charge in [0.25, 0.3) is 5.79 Å². The molecule has 1 aliphatic carbocycles. The molecule has 0 aromatic heterocycles. The Bertz CT molecular complexity index is 346. The van der Waals surface area contributed by atoms with Gasteiger partial charge in [-0.05, 0) is 38.2 Å². The van der Waals surface area contributed by atoms with Gasteiger partial charge in [0.05, 0.1) is 0 Å². The van der Waals surface area contributed by atoms with E-state index in [0.717, 1.165) is 0 Å². The van der Waals surface area contributed by atoms with Gasteiger partial charge in [-0.1, -0.05) is 0 Å². The molecule has 2 rings (SSSR count). The lowest BCUT2D eigenvalue weighted by Gasteiger charge is -2.22. The van der Waals surface area contributed by atoms with Crippen LogP contribution in [-0.4, -0.2) is 23.1 Å². The Kier molecular flexibility index (Phi) is 1.66. The van der Waals surface area contributed by atoms with Crippen LogP contribution in [0.15, 0.2) is 24.3 Å². The van der Waals surface area contributed by atoms with E-state index in [0.29, 0.717) is 0 Å². The lowest BCUT2D eigenvalue weighted by atomic mass is 10.1. The Morgan fingerprint density at radius 1 is 1.14 bits per heavy atom. The summed E-state index contributed by atoms with van der Waals surface area (Å²) in [6, 6.07) is 0. The van der Waals surface area contributed by atoms with Gasteiger partial charge < -0.3 is 9.47 Å². The van der Waals surface area contributed by atoms with Gasteiger partial charge in [-0.25, -0.2) is 4.79 Å². The van der Waals surface area contributed by atoms with Crippen molar-refractivity contribution in [3.8, 4) is 0 Å². The van der Waals surface area contributed by atoms with E-state index in [-0.39, 0.29) is 5.78 Å². The van der Waals surface area contributed by atoms with Gasteiger partial charge in [-0.15, -0.1) is 0 Å². The molecule has 0 radical (unpaired) electrons. The van der Waals surface area contributed by atoms with Crippen LogP contribution < -0.4 is 0 Å². The molecule has 0 unspecified atom stereocenters. The third kappa shape index (κ3) is 1.28. The molecule has 1 fully saturated rings. The molecular weight excluding hydrogens is 184 g/mol. The van der Waals surface area contributed by atoms with Crippen molar-refractivity contribution in [2.45, 2.75) is 25.2 Å². The summed E-state index contributed by atoms with van der Waals surface area (Å²) in [5.41, 5.74) is -0.963. The Morgan fingerprint density at radius 3 is 2.14 bits per heavy atom. The van der Waals surface area contributed by atoms with Gasteiger partial charge >= 0.3 is 5.97 Å². The van der Waals surface area contributed by atoms with Crippen LogP contribution in [0.5, 0.6) is 0 Å². The first-order valence-corrected chi connectivity index (χ1v) is 4.30. The minimum atomic E-state index is -1.17. The molecule has 1 aliphatic heterocycles. The number of ether oxygens (including phenoxy) is 2. The van der Waals surface area contributed by atoms with Crippen molar-refractivity contribution in [2.75, 3.05) is 0 Å². The van der Waals surface area contributed by atoms with E-state index in [1.165, 1.54) is 24.3 Å². The maximum atomic E-state index is 11.4. The summed E-state index contributed by atoms with van der Waals surface area (Å²) in [6.45, 7) is 3.25. The summed E-state index contributed by atoms with van der Waals surface area (Å²) in [7, 11) is 0. The third-order valence-electron chi connectivity index (χ3n) is 2.12. The standard InChI is InChI=1S/C10H10O4/c1-9(2)8(12)13-10(14-9)5-3-7(11)4-6-10/h3-6H,1-2H3. The van der Waals surface area contributed by atoms with Crippen LogP contribution in [0.3, 0.4) is 0 Å². The van der Waals surface area contributed by atoms with Crippen molar-refractivity contribution >= 4 is 11.8 Å². The number of esters is 1. The molecule has 0 amide bonds. The van der Waals surface area contributed by atoms with Crippen LogP contribution in [0.2, 0.25) is 0 Å². The highest BCUT2D eigenvalue weighted by atomic mass is 16.8. The van der Waals surface area contributed by atoms with Gasteiger partial charge in [0, 0.05) is 0 Å². The zero-order chi connectivity index (χ0) is 10.4. The molecule has 0 atom stereocenters. The highest BCUT2D eigenvalue weighted by Gasteiger charge is 2.50. The Hall–Kier alpha value is -1.42. The first-order chi connectivity index (χ1) is 6.44. The molecule has 2 aliphatic rings. The Labute approximate surface area is 81.2 Å². The molecule has 0 aromatic rings. The lowest BCUT2D eigenvalue weighted by Crippen LogP contribution is -2.31. The number of hydrogen-bond donors (Lipinski definition) is 0. The monoisotopic (exact) mass is 194 g/mol. The van der Waals surface area contributed by atoms with Crippen LogP contribution >= 0.6 is 0 Å². The number of ketones is 1. The SMILES string of the molecule is CC1(C)OC2(C=CC(=O)C=C2)OC1=O. The first kappa shape index (κ1) is 9.15. The number of allylic oxidation sites excluding steroid dienone is 2. The van der Waals surface area contributed by atoms with E-state index >= 15 is 0 Å². The van der Waals surface area contributed by atoms with Gasteiger partial charge in [-0.3, -0.25) is 4.79 Å². The van der Waals surface area contributed by atoms with E-state index in [4.69, 9.17) is 9.47 Å². The normalized spacial score (nSPS) is 27.0. The van der Waals surface area contributed by atoms with Crippen molar-refractivity contribution in [1.29, 1.82) is 0 Å². The van der Waals surface area contributed by atoms with Crippen LogP contribution in [0, 0.1) is 0 Å². The molecule has 4 nitrogen and oxygen atoms in total. The molecule has 1 spiro atoms. The summed E-state index contributed by atoms with van der Waals surface area (Å²) < 4.78 is 10.5. The van der Waals surface area contributed by atoms with Crippen molar-refractivity contribution in [3.05, 3.63) is 24.3 Å². The van der Waals surface area contributed by atoms with E-state index in [2.05, 4.69) is 0 Å². The fourth-order valence-electron chi connectivity index (χ4n) is 1.37. The molecule has 14 heavy (non-hydrogen) atoms. The average molecular weight is 194 g/mol. The highest BCUT2D eigenvalue weighted by Crippen LogP contribution is 2.35. The largest absolute Gasteiger partial charge is 0.423 e. The van der Waals surface area contributed by atoms with E-state index in [1.807, 2.05) is 0 Å². The van der Waals surface area contributed by atoms with Gasteiger partial charge in [0.1, 0.15) is 0 Å². The third-order valence-corrected chi connectivity index (χ3v) is 2.12. The quantitative estimate of drug-likeness (QED) is 0.533. The highest BCUT2D eigenvalue weighted by molar-refractivity contribution is 6.00. The minimum Gasteiger partial charge on any atom is -0.423 e. The molecule has 1 saturated heterocycles. The molecule has 4 heteroatoms. The second kappa shape index (κ2) is 2.54. The summed E-state index contributed by atoms with van der Waals surface area (Å²) in [6.07, 6.45) is 5.55. The Morgan fingerprint density at radius 2 is 1.71 bits per heavy atom. The van der Waals surface area contributed by atoms with Gasteiger partial charge in [0.15, 0.2) is 11.4 Å². The summed E-state index contributed by atoms with van der Waals surface area (Å²) >= 11 is 0. The topological polar surface area (TPSA) is 52.6 Å². The van der Waals surface area contributed by atoms with Crippen LogP contribution in [0.25, 0.3) is 0 Å². The second-order valence-corrected chi connectivity index (χ2v) is 3.79. The zero-order valence-corrected chi connectivity index (χ0v) is 7.94. The Balaban J connectivity index is 2.31. The lowest BCUT2D eigenvalue weighted by molar-refractivity contribution is -0.148. The molecule has 1 heterocycles. The van der Waals surface area contributed by atoms with E-state index in [1.54, 1.807) is 13.8 Å².